The first-order valence-electron chi connectivity index (χ1n) is 20.9. The summed E-state index contributed by atoms with van der Waals surface area (Å²) in [7, 11) is 2.95. The standard InChI is InChI=1S/C23H25ClN2O5.C22H22ClF3N2O5.CH4/c1-29-8-3-9-31-21-11-15-14(10-17(21)24)19-12-20(27)16(22(28)30-2)13-25(19)26-18(15)4-5-23(26)6-7-23;1-21(2)5-4-16-13-9-19(32-6-3-7-33-22(24,25)26)15(23)8-12(13)17-10-18(29)14(20(30)31)11-27(17)28(16)21;/h10-13,18H,3-9H2,1-2H3;8-11,16H,3-7H2,1-2H3,(H,30,31);1H4. The molecule has 3 fully saturated rings. The molecule has 6 heterocycles. The number of halogens is 5. The Kier molecular flexibility index (Phi) is 13.4. The molecule has 2 unspecified atom stereocenters. The zero-order valence-corrected chi connectivity index (χ0v) is 37.1. The Balaban J connectivity index is 0.000000191. The molecule has 1 aliphatic carbocycles. The summed E-state index contributed by atoms with van der Waals surface area (Å²) in [5, 5.41) is 14.6. The number of fused-ring (bicyclic) bond motifs is 13. The molecular weight excluding hydrogens is 896 g/mol. The molecular formula is C46H51Cl2F3N4O10. The number of rotatable bonds is 12. The van der Waals surface area contributed by atoms with Crippen LogP contribution >= 0.6 is 23.2 Å². The third-order valence-electron chi connectivity index (χ3n) is 12.6. The number of carbonyl (C=O) groups is 2. The Morgan fingerprint density at radius 2 is 1.25 bits per heavy atom. The lowest BCUT2D eigenvalue weighted by atomic mass is 9.94. The van der Waals surface area contributed by atoms with Gasteiger partial charge in [-0.3, -0.25) is 33.7 Å². The van der Waals surface area contributed by atoms with Gasteiger partial charge in [-0.05, 0) is 87.8 Å². The van der Waals surface area contributed by atoms with Gasteiger partial charge < -0.3 is 24.1 Å². The van der Waals surface area contributed by atoms with E-state index >= 15 is 0 Å². The van der Waals surface area contributed by atoms with Crippen molar-refractivity contribution < 1.29 is 51.6 Å². The third-order valence-corrected chi connectivity index (χ3v) is 13.2. The van der Waals surface area contributed by atoms with Crippen LogP contribution in [0, 0.1) is 0 Å². The topological polar surface area (TPSA) is 151 Å². The number of carboxylic acid groups (broad SMARTS) is 1. The number of hydrogen-bond donors (Lipinski definition) is 1. The minimum absolute atomic E-state index is 0. The number of carbonyl (C=O) groups excluding carboxylic acids is 1. The van der Waals surface area contributed by atoms with Crippen LogP contribution in [0.5, 0.6) is 11.5 Å². The summed E-state index contributed by atoms with van der Waals surface area (Å²) < 4.78 is 65.3. The number of esters is 1. The van der Waals surface area contributed by atoms with Crippen molar-refractivity contribution >= 4 is 35.1 Å². The summed E-state index contributed by atoms with van der Waals surface area (Å²) in [6, 6.07) is 10.1. The molecule has 2 atom stereocenters. The fourth-order valence-electron chi connectivity index (χ4n) is 9.54. The van der Waals surface area contributed by atoms with Gasteiger partial charge in [0.05, 0.1) is 71.5 Å². The molecule has 14 nitrogen and oxygen atoms in total. The fraction of sp³-hybridized carbons (Fsp3) is 0.478. The second kappa shape index (κ2) is 18.2. The molecule has 5 aliphatic rings. The van der Waals surface area contributed by atoms with Gasteiger partial charge in [-0.2, -0.15) is 0 Å². The predicted molar refractivity (Wildman–Crippen MR) is 238 cm³/mol. The van der Waals surface area contributed by atoms with E-state index in [1.54, 1.807) is 30.1 Å². The Morgan fingerprint density at radius 3 is 1.77 bits per heavy atom. The molecule has 0 amide bonds. The quantitative estimate of drug-likeness (QED) is 0.107. The van der Waals surface area contributed by atoms with E-state index in [4.69, 9.17) is 42.1 Å². The smallest absolute Gasteiger partial charge is 0.492 e. The molecule has 350 valence electrons. The van der Waals surface area contributed by atoms with E-state index in [9.17, 15) is 37.5 Å². The Morgan fingerprint density at radius 1 is 0.738 bits per heavy atom. The van der Waals surface area contributed by atoms with Crippen molar-refractivity contribution in [2.24, 2.45) is 0 Å². The van der Waals surface area contributed by atoms with Gasteiger partial charge in [0.25, 0.3) is 0 Å². The molecule has 65 heavy (non-hydrogen) atoms. The molecule has 0 bridgehead atoms. The van der Waals surface area contributed by atoms with E-state index in [-0.39, 0.29) is 65.2 Å². The van der Waals surface area contributed by atoms with Crippen molar-refractivity contribution in [1.82, 2.24) is 9.35 Å². The second-order valence-corrected chi connectivity index (χ2v) is 17.9. The van der Waals surface area contributed by atoms with Crippen LogP contribution in [0.4, 0.5) is 13.2 Å². The van der Waals surface area contributed by atoms with E-state index < -0.39 is 30.3 Å². The van der Waals surface area contributed by atoms with Crippen LogP contribution < -0.4 is 30.3 Å². The van der Waals surface area contributed by atoms with Crippen molar-refractivity contribution in [3.05, 3.63) is 102 Å². The van der Waals surface area contributed by atoms with Gasteiger partial charge in [-0.15, -0.1) is 13.2 Å². The van der Waals surface area contributed by atoms with Gasteiger partial charge >= 0.3 is 18.3 Å². The zero-order valence-electron chi connectivity index (χ0n) is 35.6. The van der Waals surface area contributed by atoms with Gasteiger partial charge in [0.2, 0.25) is 0 Å². The van der Waals surface area contributed by atoms with Crippen molar-refractivity contribution in [3.63, 3.8) is 0 Å². The average molecular weight is 948 g/mol. The SMILES string of the molecule is C.CC1(C)CCC2c3cc(OCCCOC(F)(F)F)c(Cl)cc3-c3cc(=O)c(C(=O)O)cn3N21.COCCCOc1cc2c(cc1Cl)-c1cc(=O)c(C(=O)OC)cn1N1C2CCC12CC2. The molecule has 2 aromatic carbocycles. The average Bonchev–Trinajstić information content (AvgIpc) is 3.82. The number of methoxy groups -OCH3 is 2. The number of pyridine rings is 2. The highest BCUT2D eigenvalue weighted by Gasteiger charge is 2.57. The predicted octanol–water partition coefficient (Wildman–Crippen LogP) is 9.06. The van der Waals surface area contributed by atoms with Crippen LogP contribution in [-0.2, 0) is 14.2 Å². The maximum absolute atomic E-state index is 12.7. The molecule has 9 rings (SSSR count). The lowest BCUT2D eigenvalue weighted by Crippen LogP contribution is -2.50. The van der Waals surface area contributed by atoms with E-state index in [0.717, 1.165) is 67.3 Å². The minimum atomic E-state index is -4.69. The molecule has 1 saturated carbocycles. The number of carboxylic acids is 1. The second-order valence-electron chi connectivity index (χ2n) is 17.1. The first-order chi connectivity index (χ1) is 30.4. The number of aromatic nitrogens is 2. The molecule has 1 N–H and O–H groups in total. The Bertz CT molecular complexity index is 2630. The minimum Gasteiger partial charge on any atom is -0.492 e. The number of ether oxygens (including phenoxy) is 5. The maximum atomic E-state index is 12.7. The summed E-state index contributed by atoms with van der Waals surface area (Å²) in [4.78, 5) is 48.9. The lowest BCUT2D eigenvalue weighted by molar-refractivity contribution is -0.324. The molecule has 1 spiro atoms. The van der Waals surface area contributed by atoms with Gasteiger partial charge in [0.15, 0.2) is 10.9 Å². The van der Waals surface area contributed by atoms with Crippen LogP contribution in [0.25, 0.3) is 22.5 Å². The Labute approximate surface area is 383 Å². The zero-order chi connectivity index (χ0) is 45.9. The largest absolute Gasteiger partial charge is 0.522 e. The summed E-state index contributed by atoms with van der Waals surface area (Å²) in [6.45, 7) is 4.66. The molecule has 4 aliphatic heterocycles. The van der Waals surface area contributed by atoms with Crippen LogP contribution in [0.3, 0.4) is 0 Å². The molecule has 2 saturated heterocycles. The molecule has 4 aromatic rings. The first-order valence-corrected chi connectivity index (χ1v) is 21.7. The van der Waals surface area contributed by atoms with E-state index in [2.05, 4.69) is 9.75 Å². The highest BCUT2D eigenvalue weighted by atomic mass is 35.5. The van der Waals surface area contributed by atoms with Crippen LogP contribution in [0.2, 0.25) is 10.0 Å². The van der Waals surface area contributed by atoms with Crippen LogP contribution in [0.15, 0.2) is 58.4 Å². The summed E-state index contributed by atoms with van der Waals surface area (Å²) >= 11 is 13.0. The van der Waals surface area contributed by atoms with Crippen molar-refractivity contribution in [2.75, 3.05) is 50.7 Å². The summed E-state index contributed by atoms with van der Waals surface area (Å²) in [5.74, 6) is -0.948. The summed E-state index contributed by atoms with van der Waals surface area (Å²) in [5.41, 5.74) is 3.31. The van der Waals surface area contributed by atoms with E-state index in [1.165, 1.54) is 25.4 Å². The van der Waals surface area contributed by atoms with Crippen LogP contribution in [0.1, 0.15) is 117 Å². The van der Waals surface area contributed by atoms with Crippen molar-refractivity contribution in [3.8, 4) is 34.0 Å². The normalized spacial score (nSPS) is 18.7. The fourth-order valence-corrected chi connectivity index (χ4v) is 9.97. The van der Waals surface area contributed by atoms with Gasteiger partial charge in [-0.1, -0.05) is 30.6 Å². The number of hydrogen-bond acceptors (Lipinski definition) is 11. The monoisotopic (exact) mass is 946 g/mol. The highest BCUT2D eigenvalue weighted by molar-refractivity contribution is 6.32. The number of alkyl halides is 3. The molecule has 19 heteroatoms. The van der Waals surface area contributed by atoms with Crippen LogP contribution in [-0.4, -0.2) is 84.5 Å². The van der Waals surface area contributed by atoms with Gasteiger partial charge in [-0.25, -0.2) is 9.59 Å². The molecule has 0 radical (unpaired) electrons. The van der Waals surface area contributed by atoms with Gasteiger partial charge in [0, 0.05) is 62.2 Å². The lowest BCUT2D eigenvalue weighted by Gasteiger charge is -2.44. The Hall–Kier alpha value is -5.23. The maximum Gasteiger partial charge on any atom is 0.522 e. The van der Waals surface area contributed by atoms with E-state index in [1.807, 2.05) is 35.7 Å². The highest BCUT2D eigenvalue weighted by Crippen LogP contribution is 2.58. The van der Waals surface area contributed by atoms with Crippen molar-refractivity contribution in [1.29, 1.82) is 0 Å². The van der Waals surface area contributed by atoms with Crippen molar-refractivity contribution in [2.45, 2.75) is 102 Å². The molecule has 2 aromatic heterocycles. The number of aromatic carboxylic acids is 1. The number of benzene rings is 2. The summed E-state index contributed by atoms with van der Waals surface area (Å²) in [6.07, 6.45) is 4.96. The van der Waals surface area contributed by atoms with E-state index in [0.29, 0.717) is 41.0 Å². The third kappa shape index (κ3) is 9.04. The number of nitrogens with zero attached hydrogens (tertiary/aromatic N) is 4. The first kappa shape index (κ1) is 47.7. The van der Waals surface area contributed by atoms with Gasteiger partial charge in [0.1, 0.15) is 22.6 Å².